The van der Waals surface area contributed by atoms with Crippen molar-refractivity contribution in [3.63, 3.8) is 0 Å². The zero-order valence-corrected chi connectivity index (χ0v) is 20.2. The number of hydrogen-bond acceptors (Lipinski definition) is 7. The Kier molecular flexibility index (Phi) is 8.82. The molecular weight excluding hydrogens is 487 g/mol. The lowest BCUT2D eigenvalue weighted by Crippen LogP contribution is -2.55. The van der Waals surface area contributed by atoms with Crippen LogP contribution in [0.4, 0.5) is 13.2 Å². The first-order chi connectivity index (χ1) is 16.6. The van der Waals surface area contributed by atoms with Gasteiger partial charge in [0.1, 0.15) is 17.3 Å². The van der Waals surface area contributed by atoms with Crippen molar-refractivity contribution in [1.82, 2.24) is 20.7 Å². The zero-order valence-electron chi connectivity index (χ0n) is 19.5. The van der Waals surface area contributed by atoms with Crippen molar-refractivity contribution in [2.24, 2.45) is 4.99 Å². The maximum Gasteiger partial charge on any atom is 0.573 e. The van der Waals surface area contributed by atoms with E-state index in [0.29, 0.717) is 17.4 Å². The van der Waals surface area contributed by atoms with Gasteiger partial charge in [-0.05, 0) is 36.2 Å². The molecule has 8 nitrogen and oxygen atoms in total. The lowest BCUT2D eigenvalue weighted by Gasteiger charge is -2.30. The number of nitrogens with zero attached hydrogens (tertiary/aromatic N) is 3. The number of ether oxygens (including phenoxy) is 2. The number of rotatable bonds is 9. The van der Waals surface area contributed by atoms with Gasteiger partial charge >= 0.3 is 6.36 Å². The Morgan fingerprint density at radius 1 is 1.20 bits per heavy atom. The third kappa shape index (κ3) is 7.23. The van der Waals surface area contributed by atoms with Gasteiger partial charge in [0.25, 0.3) is 6.35 Å². The SMILES string of the molecule is CCCNC(=O)C1C(N(C)NC)=NC(Oc2cccc(OC(F)(F)F)c2)N1Cc1ccc(Cl)cc1. The number of nitrogens with one attached hydrogen (secondary N) is 2. The number of amidine groups is 1. The van der Waals surface area contributed by atoms with Crippen molar-refractivity contribution in [3.05, 3.63) is 59.1 Å². The summed E-state index contributed by atoms with van der Waals surface area (Å²) in [7, 11) is 3.39. The first kappa shape index (κ1) is 26.6. The Balaban J connectivity index is 1.95. The number of alkyl halides is 3. The molecule has 2 aromatic rings. The third-order valence-corrected chi connectivity index (χ3v) is 5.39. The third-order valence-electron chi connectivity index (χ3n) is 5.14. The molecule has 0 fully saturated rings. The fraction of sp³-hybridized carbons (Fsp3) is 0.391. The molecule has 1 amide bonds. The number of halogens is 4. The van der Waals surface area contributed by atoms with E-state index in [0.717, 1.165) is 18.1 Å². The smallest absolute Gasteiger partial charge is 0.455 e. The van der Waals surface area contributed by atoms with Crippen molar-refractivity contribution in [3.8, 4) is 11.5 Å². The van der Waals surface area contributed by atoms with Crippen LogP contribution in [0.2, 0.25) is 5.02 Å². The minimum atomic E-state index is -4.84. The highest BCUT2D eigenvalue weighted by molar-refractivity contribution is 6.30. The van der Waals surface area contributed by atoms with Crippen LogP contribution in [0.5, 0.6) is 11.5 Å². The summed E-state index contributed by atoms with van der Waals surface area (Å²) in [5.74, 6) is -0.210. The first-order valence-corrected chi connectivity index (χ1v) is 11.3. The maximum absolute atomic E-state index is 13.2. The van der Waals surface area contributed by atoms with E-state index in [1.807, 2.05) is 19.1 Å². The van der Waals surface area contributed by atoms with Crippen LogP contribution in [0.1, 0.15) is 18.9 Å². The van der Waals surface area contributed by atoms with E-state index in [1.165, 1.54) is 18.2 Å². The highest BCUT2D eigenvalue weighted by atomic mass is 35.5. The van der Waals surface area contributed by atoms with Gasteiger partial charge in [0.2, 0.25) is 5.91 Å². The number of amides is 1. The molecule has 2 unspecified atom stereocenters. The molecule has 0 radical (unpaired) electrons. The molecule has 2 aromatic carbocycles. The van der Waals surface area contributed by atoms with Gasteiger partial charge in [0.05, 0.1) is 0 Å². The summed E-state index contributed by atoms with van der Waals surface area (Å²) in [5, 5.41) is 5.05. The van der Waals surface area contributed by atoms with E-state index in [4.69, 9.17) is 16.3 Å². The molecule has 2 atom stereocenters. The van der Waals surface area contributed by atoms with Crippen molar-refractivity contribution < 1.29 is 27.4 Å². The molecule has 0 saturated carbocycles. The minimum Gasteiger partial charge on any atom is -0.455 e. The van der Waals surface area contributed by atoms with Gasteiger partial charge in [-0.3, -0.25) is 9.80 Å². The Hall–Kier alpha value is -3.02. The van der Waals surface area contributed by atoms with Crippen molar-refractivity contribution in [2.75, 3.05) is 20.6 Å². The molecule has 1 aliphatic rings. The average molecular weight is 514 g/mol. The molecule has 0 bridgehead atoms. The number of benzene rings is 2. The molecule has 0 spiro atoms. The Morgan fingerprint density at radius 3 is 2.51 bits per heavy atom. The molecule has 35 heavy (non-hydrogen) atoms. The predicted molar refractivity (Wildman–Crippen MR) is 126 cm³/mol. The molecule has 0 aliphatic carbocycles. The monoisotopic (exact) mass is 513 g/mol. The van der Waals surface area contributed by atoms with Gasteiger partial charge in [-0.15, -0.1) is 13.2 Å². The van der Waals surface area contributed by atoms with Gasteiger partial charge in [0, 0.05) is 38.3 Å². The Labute approximate surface area is 206 Å². The Morgan fingerprint density at radius 2 is 1.89 bits per heavy atom. The van der Waals surface area contributed by atoms with E-state index in [1.54, 1.807) is 36.1 Å². The van der Waals surface area contributed by atoms with Gasteiger partial charge in [-0.2, -0.15) is 0 Å². The standard InChI is InChI=1S/C23H27ClF3N5O3/c1-4-12-29-21(33)19-20(31(3)28-2)30-22(32(19)14-15-8-10-16(24)11-9-15)34-17-6-5-7-18(13-17)35-23(25,26)27/h5-11,13,19,22,28H,4,12,14H2,1-3H3,(H,29,33). The van der Waals surface area contributed by atoms with Gasteiger partial charge < -0.3 is 14.8 Å². The van der Waals surface area contributed by atoms with Gasteiger partial charge in [-0.25, -0.2) is 15.3 Å². The highest BCUT2D eigenvalue weighted by Gasteiger charge is 2.44. The van der Waals surface area contributed by atoms with Crippen molar-refractivity contribution >= 4 is 23.3 Å². The van der Waals surface area contributed by atoms with E-state index in [-0.39, 0.29) is 18.2 Å². The second-order valence-electron chi connectivity index (χ2n) is 7.73. The maximum atomic E-state index is 13.2. The summed E-state index contributed by atoms with van der Waals surface area (Å²) < 4.78 is 48.0. The summed E-state index contributed by atoms with van der Waals surface area (Å²) in [6.07, 6.45) is -5.10. The molecule has 1 aliphatic heterocycles. The lowest BCUT2D eigenvalue weighted by molar-refractivity contribution is -0.274. The van der Waals surface area contributed by atoms with E-state index >= 15 is 0 Å². The lowest BCUT2D eigenvalue weighted by atomic mass is 10.1. The van der Waals surface area contributed by atoms with Crippen LogP contribution in [-0.4, -0.2) is 61.0 Å². The van der Waals surface area contributed by atoms with Crippen molar-refractivity contribution in [1.29, 1.82) is 0 Å². The van der Waals surface area contributed by atoms with E-state index in [2.05, 4.69) is 20.5 Å². The topological polar surface area (TPSA) is 78.4 Å². The van der Waals surface area contributed by atoms with Gasteiger partial charge in [-0.1, -0.05) is 36.7 Å². The summed E-state index contributed by atoms with van der Waals surface area (Å²) >= 11 is 6.01. The molecule has 2 N–H and O–H groups in total. The largest absolute Gasteiger partial charge is 0.573 e. The van der Waals surface area contributed by atoms with Crippen LogP contribution >= 0.6 is 11.6 Å². The number of likely N-dealkylation sites (N-methyl/N-ethyl adjacent to an activating group) is 1. The number of carbonyl (C=O) groups excluding carboxylic acids is 1. The quantitative estimate of drug-likeness (QED) is 0.497. The number of aliphatic imine (C=N–C) groups is 1. The molecular formula is C23H27ClF3N5O3. The van der Waals surface area contributed by atoms with Crippen molar-refractivity contribution in [2.45, 2.75) is 38.6 Å². The summed E-state index contributed by atoms with van der Waals surface area (Å²) in [6, 6.07) is 11.4. The predicted octanol–water partition coefficient (Wildman–Crippen LogP) is 3.78. The molecule has 3 rings (SSSR count). The van der Waals surface area contributed by atoms with Crippen LogP contribution in [0.25, 0.3) is 0 Å². The summed E-state index contributed by atoms with van der Waals surface area (Å²) in [4.78, 5) is 19.5. The second-order valence-corrected chi connectivity index (χ2v) is 8.17. The van der Waals surface area contributed by atoms with Crippen LogP contribution in [0, 0.1) is 0 Å². The number of hydrogen-bond donors (Lipinski definition) is 2. The average Bonchev–Trinajstić information content (AvgIpc) is 3.15. The molecule has 12 heteroatoms. The highest BCUT2D eigenvalue weighted by Crippen LogP contribution is 2.30. The molecule has 190 valence electrons. The molecule has 1 heterocycles. The number of carbonyl (C=O) groups is 1. The second kappa shape index (κ2) is 11.6. The normalized spacial score (nSPS) is 18.2. The van der Waals surface area contributed by atoms with Crippen LogP contribution < -0.4 is 20.2 Å². The Bertz CT molecular complexity index is 1040. The fourth-order valence-electron chi connectivity index (χ4n) is 3.46. The van der Waals surface area contributed by atoms with Crippen LogP contribution in [0.3, 0.4) is 0 Å². The number of hydrazine groups is 1. The fourth-order valence-corrected chi connectivity index (χ4v) is 3.59. The molecule has 0 aromatic heterocycles. The first-order valence-electron chi connectivity index (χ1n) is 10.9. The summed E-state index contributed by atoms with van der Waals surface area (Å²) in [5.41, 5.74) is 3.78. The molecule has 0 saturated heterocycles. The van der Waals surface area contributed by atoms with Crippen LogP contribution in [-0.2, 0) is 11.3 Å². The zero-order chi connectivity index (χ0) is 25.6. The van der Waals surface area contributed by atoms with E-state index in [9.17, 15) is 18.0 Å². The minimum absolute atomic E-state index is 0.0997. The van der Waals surface area contributed by atoms with E-state index < -0.39 is 24.5 Å². The van der Waals surface area contributed by atoms with Crippen LogP contribution in [0.15, 0.2) is 53.5 Å². The summed E-state index contributed by atoms with van der Waals surface area (Å²) in [6.45, 7) is 2.68. The van der Waals surface area contributed by atoms with Gasteiger partial charge in [0.15, 0.2) is 6.04 Å².